The fourth-order valence-corrected chi connectivity index (χ4v) is 2.57. The third-order valence-corrected chi connectivity index (χ3v) is 3.51. The third kappa shape index (κ3) is 3.24. The van der Waals surface area contributed by atoms with Gasteiger partial charge in [0.15, 0.2) is 0 Å². The molecule has 0 aromatic heterocycles. The summed E-state index contributed by atoms with van der Waals surface area (Å²) < 4.78 is 10.7. The highest BCUT2D eigenvalue weighted by Gasteiger charge is 2.19. The van der Waals surface area contributed by atoms with Crippen molar-refractivity contribution in [3.05, 3.63) is 29.3 Å². The molecular weight excluding hydrogens is 226 g/mol. The van der Waals surface area contributed by atoms with Gasteiger partial charge in [0.25, 0.3) is 0 Å². The Balaban J connectivity index is 2.01. The first-order valence-corrected chi connectivity index (χ1v) is 6.83. The van der Waals surface area contributed by atoms with Gasteiger partial charge in [0.2, 0.25) is 0 Å². The van der Waals surface area contributed by atoms with E-state index < -0.39 is 0 Å². The Bertz CT molecular complexity index is 379. The third-order valence-electron chi connectivity index (χ3n) is 3.51. The van der Waals surface area contributed by atoms with Crippen LogP contribution in [0.4, 0.5) is 0 Å². The molecule has 2 rings (SSSR count). The molecule has 0 aliphatic heterocycles. The van der Waals surface area contributed by atoms with E-state index in [0.29, 0.717) is 6.04 Å². The lowest BCUT2D eigenvalue weighted by molar-refractivity contribution is 0.146. The minimum atomic E-state index is 0.448. The van der Waals surface area contributed by atoms with Gasteiger partial charge in [0.1, 0.15) is 5.75 Å². The second kappa shape index (κ2) is 6.76. The van der Waals surface area contributed by atoms with Crippen LogP contribution in [0.3, 0.4) is 0 Å². The number of methoxy groups -OCH3 is 1. The first-order valence-electron chi connectivity index (χ1n) is 6.83. The Labute approximate surface area is 109 Å². The lowest BCUT2D eigenvalue weighted by Crippen LogP contribution is -2.28. The number of ether oxygens (including phenoxy) is 2. The van der Waals surface area contributed by atoms with Crippen LogP contribution in [0.2, 0.25) is 0 Å². The minimum Gasteiger partial charge on any atom is -0.497 e. The summed E-state index contributed by atoms with van der Waals surface area (Å²) in [6, 6.07) is 6.88. The van der Waals surface area contributed by atoms with Gasteiger partial charge in [-0.3, -0.25) is 0 Å². The van der Waals surface area contributed by atoms with E-state index in [2.05, 4.69) is 23.5 Å². The first-order chi connectivity index (χ1) is 8.85. The number of aryl methyl sites for hydroxylation is 1. The van der Waals surface area contributed by atoms with E-state index in [4.69, 9.17) is 9.47 Å². The molecule has 1 unspecified atom stereocenters. The average molecular weight is 249 g/mol. The van der Waals surface area contributed by atoms with Gasteiger partial charge in [-0.05, 0) is 49.4 Å². The lowest BCUT2D eigenvalue weighted by atomic mass is 9.87. The van der Waals surface area contributed by atoms with E-state index in [1.54, 1.807) is 7.11 Å². The van der Waals surface area contributed by atoms with E-state index >= 15 is 0 Å². The molecular formula is C15H23NO2. The van der Waals surface area contributed by atoms with Gasteiger partial charge < -0.3 is 14.8 Å². The lowest BCUT2D eigenvalue weighted by Gasteiger charge is -2.27. The Morgan fingerprint density at radius 1 is 1.39 bits per heavy atom. The second-order valence-electron chi connectivity index (χ2n) is 4.66. The van der Waals surface area contributed by atoms with E-state index in [1.165, 1.54) is 30.4 Å². The van der Waals surface area contributed by atoms with Crippen molar-refractivity contribution in [1.29, 1.82) is 0 Å². The van der Waals surface area contributed by atoms with Gasteiger partial charge in [0.05, 0.1) is 13.7 Å². The molecule has 0 amide bonds. The molecule has 0 heterocycles. The maximum atomic E-state index is 5.37. The van der Waals surface area contributed by atoms with Crippen LogP contribution in [0.25, 0.3) is 0 Å². The van der Waals surface area contributed by atoms with Crippen molar-refractivity contribution in [2.45, 2.75) is 32.2 Å². The van der Waals surface area contributed by atoms with Crippen LogP contribution in [0.5, 0.6) is 5.75 Å². The number of rotatable bonds is 6. The Hall–Kier alpha value is -1.06. The fraction of sp³-hybridized carbons (Fsp3) is 0.600. The molecule has 18 heavy (non-hydrogen) atoms. The smallest absolute Gasteiger partial charge is 0.119 e. The van der Waals surface area contributed by atoms with E-state index in [9.17, 15) is 0 Å². The summed E-state index contributed by atoms with van der Waals surface area (Å²) in [6.45, 7) is 4.51. The van der Waals surface area contributed by atoms with Gasteiger partial charge in [-0.2, -0.15) is 0 Å². The summed E-state index contributed by atoms with van der Waals surface area (Å²) >= 11 is 0. The highest BCUT2D eigenvalue weighted by atomic mass is 16.5. The molecule has 1 aliphatic rings. The van der Waals surface area contributed by atoms with Gasteiger partial charge in [-0.1, -0.05) is 6.07 Å². The molecule has 0 bridgehead atoms. The summed E-state index contributed by atoms with van der Waals surface area (Å²) in [5, 5.41) is 3.58. The number of fused-ring (bicyclic) bond motifs is 1. The topological polar surface area (TPSA) is 30.5 Å². The Kier molecular flexibility index (Phi) is 5.02. The summed E-state index contributed by atoms with van der Waals surface area (Å²) in [4.78, 5) is 0. The van der Waals surface area contributed by atoms with Crippen molar-refractivity contribution in [3.63, 3.8) is 0 Å². The molecule has 3 nitrogen and oxygen atoms in total. The van der Waals surface area contributed by atoms with Crippen molar-refractivity contribution >= 4 is 0 Å². The summed E-state index contributed by atoms with van der Waals surface area (Å²) in [7, 11) is 1.72. The zero-order valence-electron chi connectivity index (χ0n) is 11.4. The van der Waals surface area contributed by atoms with E-state index in [1.807, 2.05) is 6.92 Å². The van der Waals surface area contributed by atoms with Crippen LogP contribution in [0.1, 0.15) is 36.9 Å². The molecule has 1 N–H and O–H groups in total. The highest BCUT2D eigenvalue weighted by Crippen LogP contribution is 2.32. The van der Waals surface area contributed by atoms with Crippen LogP contribution in [0.15, 0.2) is 18.2 Å². The normalized spacial score (nSPS) is 18.4. The summed E-state index contributed by atoms with van der Waals surface area (Å²) in [5.41, 5.74) is 2.85. The summed E-state index contributed by atoms with van der Waals surface area (Å²) in [5.74, 6) is 0.951. The predicted molar refractivity (Wildman–Crippen MR) is 73.2 cm³/mol. The predicted octanol–water partition coefficient (Wildman–Crippen LogP) is 2.70. The van der Waals surface area contributed by atoms with Gasteiger partial charge in [-0.25, -0.2) is 0 Å². The minimum absolute atomic E-state index is 0.448. The molecule has 0 radical (unpaired) electrons. The van der Waals surface area contributed by atoms with Crippen LogP contribution < -0.4 is 10.1 Å². The molecule has 0 saturated carbocycles. The second-order valence-corrected chi connectivity index (χ2v) is 4.66. The van der Waals surface area contributed by atoms with Crippen LogP contribution in [0, 0.1) is 0 Å². The first kappa shape index (κ1) is 13.4. The van der Waals surface area contributed by atoms with Gasteiger partial charge in [0, 0.05) is 19.2 Å². The van der Waals surface area contributed by atoms with Crippen LogP contribution >= 0.6 is 0 Å². The summed E-state index contributed by atoms with van der Waals surface area (Å²) in [6.07, 6.45) is 3.64. The van der Waals surface area contributed by atoms with Gasteiger partial charge in [-0.15, -0.1) is 0 Å². The van der Waals surface area contributed by atoms with Crippen LogP contribution in [-0.4, -0.2) is 26.9 Å². The number of hydrogen-bond donors (Lipinski definition) is 1. The van der Waals surface area contributed by atoms with Crippen molar-refractivity contribution in [1.82, 2.24) is 5.32 Å². The molecule has 100 valence electrons. The molecule has 1 aliphatic carbocycles. The Morgan fingerprint density at radius 3 is 3.06 bits per heavy atom. The maximum absolute atomic E-state index is 5.37. The van der Waals surface area contributed by atoms with Crippen molar-refractivity contribution in [2.75, 3.05) is 26.9 Å². The quantitative estimate of drug-likeness (QED) is 0.786. The van der Waals surface area contributed by atoms with Crippen molar-refractivity contribution < 1.29 is 9.47 Å². The number of hydrogen-bond acceptors (Lipinski definition) is 3. The van der Waals surface area contributed by atoms with Crippen molar-refractivity contribution in [3.8, 4) is 5.75 Å². The largest absolute Gasteiger partial charge is 0.497 e. The number of benzene rings is 1. The monoisotopic (exact) mass is 249 g/mol. The molecule has 0 fully saturated rings. The molecule has 1 aromatic rings. The van der Waals surface area contributed by atoms with E-state index in [0.717, 1.165) is 25.5 Å². The zero-order chi connectivity index (χ0) is 12.8. The molecule has 1 atom stereocenters. The standard InChI is InChI=1S/C15H23NO2/c1-3-18-10-9-16-15-6-4-5-12-7-8-13(17-2)11-14(12)15/h7-8,11,15-16H,3-6,9-10H2,1-2H3. The molecule has 0 spiro atoms. The molecule has 3 heteroatoms. The van der Waals surface area contributed by atoms with Crippen molar-refractivity contribution in [2.24, 2.45) is 0 Å². The zero-order valence-corrected chi connectivity index (χ0v) is 11.4. The highest BCUT2D eigenvalue weighted by molar-refractivity contribution is 5.39. The fourth-order valence-electron chi connectivity index (χ4n) is 2.57. The van der Waals surface area contributed by atoms with Crippen LogP contribution in [-0.2, 0) is 11.2 Å². The Morgan fingerprint density at radius 2 is 2.28 bits per heavy atom. The molecule has 1 aromatic carbocycles. The van der Waals surface area contributed by atoms with Gasteiger partial charge >= 0.3 is 0 Å². The molecule has 0 saturated heterocycles. The maximum Gasteiger partial charge on any atom is 0.119 e. The average Bonchev–Trinajstić information content (AvgIpc) is 2.43. The number of nitrogens with one attached hydrogen (secondary N) is 1. The van der Waals surface area contributed by atoms with E-state index in [-0.39, 0.29) is 0 Å². The SMILES string of the molecule is CCOCCNC1CCCc2ccc(OC)cc21.